The van der Waals surface area contributed by atoms with Crippen molar-refractivity contribution >= 4 is 11.9 Å². The van der Waals surface area contributed by atoms with Crippen molar-refractivity contribution in [2.45, 2.75) is 57.2 Å². The lowest BCUT2D eigenvalue weighted by atomic mass is 9.73. The van der Waals surface area contributed by atoms with Crippen LogP contribution in [0.4, 0.5) is 0 Å². The summed E-state index contributed by atoms with van der Waals surface area (Å²) in [7, 11) is 0. The third-order valence-electron chi connectivity index (χ3n) is 7.97. The Bertz CT molecular complexity index is 1150. The van der Waals surface area contributed by atoms with Crippen LogP contribution in [-0.4, -0.2) is 83.8 Å². The highest BCUT2D eigenvalue weighted by atomic mass is 16.5. The summed E-state index contributed by atoms with van der Waals surface area (Å²) in [5.41, 5.74) is 1.84. The maximum atomic E-state index is 13.4. The number of rotatable bonds is 5. The first-order chi connectivity index (χ1) is 16.4. The summed E-state index contributed by atoms with van der Waals surface area (Å²) >= 11 is 0. The van der Waals surface area contributed by atoms with Crippen LogP contribution in [0, 0.1) is 12.3 Å². The van der Waals surface area contributed by atoms with Gasteiger partial charge in [0.15, 0.2) is 5.82 Å². The molecule has 3 saturated heterocycles. The molecule has 4 aliphatic rings. The van der Waals surface area contributed by atoms with Gasteiger partial charge < -0.3 is 14.7 Å². The number of fused-ring (bicyclic) bond motifs is 2. The lowest BCUT2D eigenvalue weighted by Crippen LogP contribution is -2.51. The van der Waals surface area contributed by atoms with E-state index in [1.54, 1.807) is 11.0 Å². The van der Waals surface area contributed by atoms with Crippen molar-refractivity contribution in [2.24, 2.45) is 5.41 Å². The van der Waals surface area contributed by atoms with E-state index in [4.69, 9.17) is 4.74 Å². The number of nitrogens with zero attached hydrogens (tertiary/aromatic N) is 7. The summed E-state index contributed by atoms with van der Waals surface area (Å²) in [6.07, 6.45) is 6.72. The number of aliphatic hydroxyl groups is 1. The normalized spacial score (nSPS) is 29.7. The summed E-state index contributed by atoms with van der Waals surface area (Å²) in [5, 5.41) is 22.2. The largest absolute Gasteiger partial charge is 0.456 e. The van der Waals surface area contributed by atoms with Crippen LogP contribution in [0.3, 0.4) is 0 Å². The predicted octanol–water partition coefficient (Wildman–Crippen LogP) is 0.685. The third kappa shape index (κ3) is 3.41. The molecule has 0 saturated carbocycles. The molecule has 0 radical (unpaired) electrons. The second-order valence-electron chi connectivity index (χ2n) is 9.83. The number of carbonyl (C=O) groups excluding carboxylic acids is 2. The summed E-state index contributed by atoms with van der Waals surface area (Å²) in [6, 6.07) is 4.22. The minimum Gasteiger partial charge on any atom is -0.456 e. The quantitative estimate of drug-likeness (QED) is 0.635. The molecule has 2 bridgehead atoms. The van der Waals surface area contributed by atoms with Crippen molar-refractivity contribution in [1.29, 1.82) is 0 Å². The number of likely N-dealkylation sites (tertiary alicyclic amines) is 1. The van der Waals surface area contributed by atoms with Crippen LogP contribution < -0.4 is 0 Å². The zero-order valence-electron chi connectivity index (χ0n) is 19.0. The van der Waals surface area contributed by atoms with Crippen LogP contribution in [0.1, 0.15) is 49.5 Å². The Morgan fingerprint density at radius 3 is 2.68 bits per heavy atom. The van der Waals surface area contributed by atoms with Crippen LogP contribution >= 0.6 is 0 Å². The Kier molecular flexibility index (Phi) is 4.99. The second-order valence-corrected chi connectivity index (χ2v) is 9.83. The van der Waals surface area contributed by atoms with Crippen molar-refractivity contribution in [3.05, 3.63) is 41.5 Å². The Labute approximate surface area is 196 Å². The molecule has 6 rings (SSSR count). The maximum Gasteiger partial charge on any atom is 0.333 e. The van der Waals surface area contributed by atoms with Gasteiger partial charge >= 0.3 is 5.97 Å². The second kappa shape index (κ2) is 7.95. The Morgan fingerprint density at radius 1 is 1.24 bits per heavy atom. The molecule has 1 amide bonds. The molecule has 11 heteroatoms. The average molecular weight is 466 g/mol. The molecule has 34 heavy (non-hydrogen) atoms. The maximum absolute atomic E-state index is 13.4. The molecule has 2 aromatic heterocycles. The van der Waals surface area contributed by atoms with Crippen LogP contribution in [-0.2, 0) is 14.3 Å². The summed E-state index contributed by atoms with van der Waals surface area (Å²) in [5.74, 6) is 0.364. The van der Waals surface area contributed by atoms with E-state index in [-0.39, 0.29) is 36.0 Å². The third-order valence-corrected chi connectivity index (χ3v) is 7.97. The lowest BCUT2D eigenvalue weighted by molar-refractivity contribution is -0.140. The summed E-state index contributed by atoms with van der Waals surface area (Å²) in [6.45, 7) is 3.22. The molecule has 2 aromatic rings. The van der Waals surface area contributed by atoms with E-state index in [9.17, 15) is 14.7 Å². The van der Waals surface area contributed by atoms with Crippen molar-refractivity contribution in [2.75, 3.05) is 19.7 Å². The van der Waals surface area contributed by atoms with Gasteiger partial charge in [-0.1, -0.05) is 6.07 Å². The van der Waals surface area contributed by atoms with Crippen molar-refractivity contribution in [1.82, 2.24) is 35.0 Å². The van der Waals surface area contributed by atoms with E-state index in [0.29, 0.717) is 24.6 Å². The fourth-order valence-electron chi connectivity index (χ4n) is 6.33. The zero-order chi connectivity index (χ0) is 23.4. The number of aromatic nitrogens is 5. The smallest absolute Gasteiger partial charge is 0.333 e. The van der Waals surface area contributed by atoms with Gasteiger partial charge in [0.05, 0.1) is 17.2 Å². The van der Waals surface area contributed by atoms with Crippen molar-refractivity contribution < 1.29 is 19.4 Å². The highest BCUT2D eigenvalue weighted by molar-refractivity contribution is 5.90. The minimum absolute atomic E-state index is 0.132. The van der Waals surface area contributed by atoms with E-state index in [0.717, 1.165) is 43.4 Å². The molecule has 1 N–H and O–H groups in total. The van der Waals surface area contributed by atoms with Crippen LogP contribution in [0.25, 0.3) is 5.82 Å². The van der Waals surface area contributed by atoms with Crippen LogP contribution in [0.15, 0.2) is 30.2 Å². The average Bonchev–Trinajstić information content (AvgIpc) is 3.59. The van der Waals surface area contributed by atoms with Crippen LogP contribution in [0.5, 0.6) is 0 Å². The molecule has 0 aliphatic carbocycles. The van der Waals surface area contributed by atoms with Gasteiger partial charge in [-0.3, -0.25) is 9.69 Å². The molecule has 0 aromatic carbocycles. The van der Waals surface area contributed by atoms with Crippen molar-refractivity contribution in [3.8, 4) is 5.82 Å². The summed E-state index contributed by atoms with van der Waals surface area (Å²) in [4.78, 5) is 33.6. The number of amides is 1. The fourth-order valence-corrected chi connectivity index (χ4v) is 6.33. The highest BCUT2D eigenvalue weighted by Gasteiger charge is 2.56. The molecule has 1 spiro atoms. The topological polar surface area (TPSA) is 127 Å². The van der Waals surface area contributed by atoms with E-state index < -0.39 is 6.10 Å². The van der Waals surface area contributed by atoms with Gasteiger partial charge in [0.2, 0.25) is 5.91 Å². The van der Waals surface area contributed by atoms with E-state index in [1.165, 1.54) is 17.1 Å². The van der Waals surface area contributed by atoms with E-state index in [2.05, 4.69) is 25.4 Å². The number of aliphatic hydroxyl groups excluding tert-OH is 1. The van der Waals surface area contributed by atoms with Crippen molar-refractivity contribution in [3.63, 3.8) is 0 Å². The SMILES string of the molecule is Cc1nc(-n2cnnn2)ccc1C(O)CN1[C@@H]2CC[C@@H]1CC1(CCN(C3=CC(=O)OC3)C1=O)C2. The number of pyridine rings is 1. The molecule has 3 atom stereocenters. The number of esters is 1. The lowest BCUT2D eigenvalue weighted by Gasteiger charge is -2.44. The first kappa shape index (κ1) is 21.4. The number of ether oxygens (including phenoxy) is 1. The van der Waals surface area contributed by atoms with Gasteiger partial charge in [-0.15, -0.1) is 5.10 Å². The van der Waals surface area contributed by atoms with Crippen LogP contribution in [0.2, 0.25) is 0 Å². The van der Waals surface area contributed by atoms with Gasteiger partial charge in [0.1, 0.15) is 12.9 Å². The molecule has 3 fully saturated rings. The molecular weight excluding hydrogens is 438 g/mol. The number of carbonyl (C=O) groups is 2. The Morgan fingerprint density at radius 2 is 2.03 bits per heavy atom. The standard InChI is InChI=1S/C23H27N7O4/c1-14-18(4-5-20(25-14)30-13-24-26-27-30)19(31)11-29-15-2-3-16(29)10-23(9-15)6-7-28(22(23)33)17-8-21(32)34-12-17/h4-5,8,13,15-16,19,31H,2-3,6-7,9-12H2,1H3/t15-,16-,19?/m1/s1. The highest BCUT2D eigenvalue weighted by Crippen LogP contribution is 2.52. The number of tetrazole rings is 1. The molecule has 1 unspecified atom stereocenters. The zero-order valence-corrected chi connectivity index (χ0v) is 19.0. The Balaban J connectivity index is 1.15. The first-order valence-corrected chi connectivity index (χ1v) is 11.8. The summed E-state index contributed by atoms with van der Waals surface area (Å²) < 4.78 is 6.50. The molecule has 178 valence electrons. The molecular formula is C23H27N7O4. The minimum atomic E-state index is -0.671. The molecule has 4 aliphatic heterocycles. The number of hydrogen-bond acceptors (Lipinski definition) is 9. The number of cyclic esters (lactones) is 1. The van der Waals surface area contributed by atoms with Gasteiger partial charge in [0.25, 0.3) is 0 Å². The number of hydrogen-bond donors (Lipinski definition) is 1. The van der Waals surface area contributed by atoms with Gasteiger partial charge in [0, 0.05) is 42.5 Å². The number of aryl methyl sites for hydroxylation is 1. The first-order valence-electron chi connectivity index (χ1n) is 11.8. The van der Waals surface area contributed by atoms with Gasteiger partial charge in [-0.25, -0.2) is 9.78 Å². The predicted molar refractivity (Wildman–Crippen MR) is 117 cm³/mol. The van der Waals surface area contributed by atoms with E-state index in [1.807, 2.05) is 13.0 Å². The number of piperidine rings is 1. The molecule has 11 nitrogen and oxygen atoms in total. The Hall–Kier alpha value is -3.18. The van der Waals surface area contributed by atoms with E-state index >= 15 is 0 Å². The van der Waals surface area contributed by atoms with Gasteiger partial charge in [-0.05, 0) is 55.5 Å². The fraction of sp³-hybridized carbons (Fsp3) is 0.565. The van der Waals surface area contributed by atoms with Gasteiger partial charge in [-0.2, -0.15) is 4.68 Å². The molecule has 6 heterocycles. The monoisotopic (exact) mass is 465 g/mol.